The van der Waals surface area contributed by atoms with Gasteiger partial charge in [0.05, 0.1) is 19.7 Å². The van der Waals surface area contributed by atoms with Gasteiger partial charge < -0.3 is 15.2 Å². The second-order valence-corrected chi connectivity index (χ2v) is 5.30. The lowest BCUT2D eigenvalue weighted by Crippen LogP contribution is -2.43. The highest BCUT2D eigenvalue weighted by Gasteiger charge is 2.22. The maximum atomic E-state index is 11.8. The Morgan fingerprint density at radius 2 is 2.30 bits per heavy atom. The molecular formula is C15H22N2O3. The topological polar surface area (TPSA) is 61.8 Å². The molecule has 1 aromatic rings. The van der Waals surface area contributed by atoms with Crippen LogP contribution in [0.15, 0.2) is 24.3 Å². The summed E-state index contributed by atoms with van der Waals surface area (Å²) >= 11 is 0. The summed E-state index contributed by atoms with van der Waals surface area (Å²) in [4.78, 5) is 13.6. The van der Waals surface area contributed by atoms with Gasteiger partial charge in [-0.25, -0.2) is 0 Å². The Morgan fingerprint density at radius 1 is 1.55 bits per heavy atom. The van der Waals surface area contributed by atoms with Gasteiger partial charge in [-0.1, -0.05) is 18.2 Å². The number of carbonyl (C=O) groups excluding carboxylic acids is 1. The van der Waals surface area contributed by atoms with Crippen LogP contribution >= 0.6 is 0 Å². The predicted octanol–water partition coefficient (Wildman–Crippen LogP) is 0.419. The Morgan fingerprint density at radius 3 is 3.00 bits per heavy atom. The van der Waals surface area contributed by atoms with Crippen LogP contribution in [0.3, 0.4) is 0 Å². The summed E-state index contributed by atoms with van der Waals surface area (Å²) in [6.45, 7) is 2.71. The number of rotatable bonds is 6. The number of aliphatic hydroxyl groups excluding tert-OH is 1. The predicted molar refractivity (Wildman–Crippen MR) is 76.7 cm³/mol. The molecule has 0 aliphatic carbocycles. The minimum atomic E-state index is -0.0487. The lowest BCUT2D eigenvalue weighted by Gasteiger charge is -2.22. The van der Waals surface area contributed by atoms with Crippen molar-refractivity contribution in [3.63, 3.8) is 0 Å². The van der Waals surface area contributed by atoms with E-state index in [0.717, 1.165) is 12.2 Å². The number of nitrogens with zero attached hydrogens (tertiary/aromatic N) is 1. The van der Waals surface area contributed by atoms with E-state index in [2.05, 4.69) is 5.32 Å². The van der Waals surface area contributed by atoms with Crippen molar-refractivity contribution in [3.05, 3.63) is 29.8 Å². The number of hydrogen-bond donors (Lipinski definition) is 2. The quantitative estimate of drug-likeness (QED) is 0.791. The van der Waals surface area contributed by atoms with E-state index in [4.69, 9.17) is 9.84 Å². The number of benzene rings is 1. The Bertz CT molecular complexity index is 439. The van der Waals surface area contributed by atoms with Gasteiger partial charge in [0.1, 0.15) is 11.9 Å². The van der Waals surface area contributed by atoms with Crippen molar-refractivity contribution in [2.75, 3.05) is 26.7 Å². The molecule has 0 saturated carbocycles. The van der Waals surface area contributed by atoms with Gasteiger partial charge in [0, 0.05) is 12.5 Å². The third-order valence-electron chi connectivity index (χ3n) is 3.65. The number of nitrogens with one attached hydrogen (secondary N) is 1. The SMILES string of the molecule is CC(CO)N(C)CC(=O)NCC1Cc2ccccc2O1. The first-order valence-corrected chi connectivity index (χ1v) is 6.92. The molecule has 0 aromatic heterocycles. The minimum absolute atomic E-state index is 0.0110. The molecule has 0 fully saturated rings. The van der Waals surface area contributed by atoms with E-state index in [1.54, 1.807) is 0 Å². The van der Waals surface area contributed by atoms with Crippen LogP contribution in [0.4, 0.5) is 0 Å². The molecule has 2 rings (SSSR count). The minimum Gasteiger partial charge on any atom is -0.488 e. The summed E-state index contributed by atoms with van der Waals surface area (Å²) in [6.07, 6.45) is 0.844. The van der Waals surface area contributed by atoms with Gasteiger partial charge in [-0.05, 0) is 25.6 Å². The van der Waals surface area contributed by atoms with Gasteiger partial charge in [0.25, 0.3) is 0 Å². The molecule has 1 amide bonds. The molecular weight excluding hydrogens is 256 g/mol. The van der Waals surface area contributed by atoms with Gasteiger partial charge in [0.2, 0.25) is 5.91 Å². The number of aliphatic hydroxyl groups is 1. The number of para-hydroxylation sites is 1. The molecule has 1 aliphatic rings. The normalized spacial score (nSPS) is 18.5. The number of hydrogen-bond acceptors (Lipinski definition) is 4. The molecule has 0 saturated heterocycles. The average molecular weight is 278 g/mol. The van der Waals surface area contributed by atoms with E-state index >= 15 is 0 Å². The Balaban J connectivity index is 1.73. The lowest BCUT2D eigenvalue weighted by atomic mass is 10.1. The fraction of sp³-hybridized carbons (Fsp3) is 0.533. The van der Waals surface area contributed by atoms with Gasteiger partial charge >= 0.3 is 0 Å². The van der Waals surface area contributed by atoms with Crippen LogP contribution in [0.25, 0.3) is 0 Å². The zero-order valence-electron chi connectivity index (χ0n) is 12.0. The highest BCUT2D eigenvalue weighted by Crippen LogP contribution is 2.27. The van der Waals surface area contributed by atoms with E-state index in [1.165, 1.54) is 5.56 Å². The van der Waals surface area contributed by atoms with Crippen LogP contribution in [0.1, 0.15) is 12.5 Å². The molecule has 110 valence electrons. The summed E-state index contributed by atoms with van der Waals surface area (Å²) in [7, 11) is 1.82. The Labute approximate surface area is 119 Å². The monoisotopic (exact) mass is 278 g/mol. The summed E-state index contributed by atoms with van der Waals surface area (Å²) in [5.74, 6) is 0.866. The third-order valence-corrected chi connectivity index (χ3v) is 3.65. The summed E-state index contributed by atoms with van der Waals surface area (Å²) in [5, 5.41) is 11.9. The van der Waals surface area contributed by atoms with Crippen LogP contribution < -0.4 is 10.1 Å². The average Bonchev–Trinajstić information content (AvgIpc) is 2.87. The lowest BCUT2D eigenvalue weighted by molar-refractivity contribution is -0.122. The fourth-order valence-electron chi connectivity index (χ4n) is 2.17. The maximum Gasteiger partial charge on any atom is 0.234 e. The van der Waals surface area contributed by atoms with Crippen LogP contribution in [-0.4, -0.2) is 54.8 Å². The molecule has 0 bridgehead atoms. The van der Waals surface area contributed by atoms with E-state index in [9.17, 15) is 4.79 Å². The summed E-state index contributed by atoms with van der Waals surface area (Å²) in [5.41, 5.74) is 1.19. The molecule has 0 spiro atoms. The van der Waals surface area contributed by atoms with Crippen molar-refractivity contribution in [3.8, 4) is 5.75 Å². The molecule has 2 unspecified atom stereocenters. The summed E-state index contributed by atoms with van der Waals surface area (Å²) in [6, 6.07) is 7.92. The zero-order chi connectivity index (χ0) is 14.5. The largest absolute Gasteiger partial charge is 0.488 e. The van der Waals surface area contributed by atoms with Crippen molar-refractivity contribution >= 4 is 5.91 Å². The van der Waals surface area contributed by atoms with Crippen molar-refractivity contribution in [1.29, 1.82) is 0 Å². The van der Waals surface area contributed by atoms with Gasteiger partial charge in [-0.2, -0.15) is 0 Å². The number of amides is 1. The molecule has 1 heterocycles. The van der Waals surface area contributed by atoms with Crippen molar-refractivity contribution in [2.24, 2.45) is 0 Å². The number of ether oxygens (including phenoxy) is 1. The van der Waals surface area contributed by atoms with Crippen molar-refractivity contribution in [2.45, 2.75) is 25.5 Å². The molecule has 20 heavy (non-hydrogen) atoms. The van der Waals surface area contributed by atoms with E-state index in [-0.39, 0.29) is 31.2 Å². The van der Waals surface area contributed by atoms with Gasteiger partial charge in [-0.3, -0.25) is 9.69 Å². The van der Waals surface area contributed by atoms with Crippen molar-refractivity contribution < 1.29 is 14.6 Å². The van der Waals surface area contributed by atoms with Crippen LogP contribution in [0.5, 0.6) is 5.75 Å². The summed E-state index contributed by atoms with van der Waals surface area (Å²) < 4.78 is 5.76. The first-order valence-electron chi connectivity index (χ1n) is 6.92. The second kappa shape index (κ2) is 6.72. The van der Waals surface area contributed by atoms with Gasteiger partial charge in [0.15, 0.2) is 0 Å². The van der Waals surface area contributed by atoms with Crippen LogP contribution in [0, 0.1) is 0 Å². The maximum absolute atomic E-state index is 11.8. The third kappa shape index (κ3) is 3.71. The number of likely N-dealkylation sites (N-methyl/N-ethyl adjacent to an activating group) is 1. The molecule has 1 aromatic carbocycles. The number of carbonyl (C=O) groups is 1. The van der Waals surface area contributed by atoms with Crippen LogP contribution in [0.2, 0.25) is 0 Å². The standard InChI is InChI=1S/C15H22N2O3/c1-11(10-18)17(2)9-15(19)16-8-13-7-12-5-3-4-6-14(12)20-13/h3-6,11,13,18H,7-10H2,1-2H3,(H,16,19). The first-order chi connectivity index (χ1) is 9.60. The molecule has 5 nitrogen and oxygen atoms in total. The van der Waals surface area contributed by atoms with Crippen molar-refractivity contribution in [1.82, 2.24) is 10.2 Å². The Kier molecular flexibility index (Phi) is 4.98. The van der Waals surface area contributed by atoms with Crippen LogP contribution in [-0.2, 0) is 11.2 Å². The van der Waals surface area contributed by atoms with E-state index in [0.29, 0.717) is 6.54 Å². The zero-order valence-corrected chi connectivity index (χ0v) is 12.0. The highest BCUT2D eigenvalue weighted by atomic mass is 16.5. The highest BCUT2D eigenvalue weighted by molar-refractivity contribution is 5.78. The molecule has 1 aliphatic heterocycles. The number of fused-ring (bicyclic) bond motifs is 1. The van der Waals surface area contributed by atoms with E-state index in [1.807, 2.05) is 43.1 Å². The fourth-order valence-corrected chi connectivity index (χ4v) is 2.17. The molecule has 2 N–H and O–H groups in total. The molecule has 5 heteroatoms. The second-order valence-electron chi connectivity index (χ2n) is 5.30. The molecule has 2 atom stereocenters. The van der Waals surface area contributed by atoms with E-state index < -0.39 is 0 Å². The Hall–Kier alpha value is -1.59. The first kappa shape index (κ1) is 14.8. The smallest absolute Gasteiger partial charge is 0.234 e. The van der Waals surface area contributed by atoms with Gasteiger partial charge in [-0.15, -0.1) is 0 Å². The molecule has 0 radical (unpaired) electrons.